The fourth-order valence-electron chi connectivity index (χ4n) is 5.50. The van der Waals surface area contributed by atoms with Gasteiger partial charge in [-0.1, -0.05) is 30.3 Å². The molecule has 1 N–H and O–H groups in total. The van der Waals surface area contributed by atoms with Crippen LogP contribution in [0.15, 0.2) is 47.2 Å². The second-order valence-corrected chi connectivity index (χ2v) is 10.2. The zero-order chi connectivity index (χ0) is 21.3. The maximum atomic E-state index is 13.1. The average Bonchev–Trinajstić information content (AvgIpc) is 3.24. The van der Waals surface area contributed by atoms with Gasteiger partial charge in [0.05, 0.1) is 5.56 Å². The van der Waals surface area contributed by atoms with Crippen LogP contribution in [-0.2, 0) is 14.9 Å². The van der Waals surface area contributed by atoms with Crippen LogP contribution in [0.2, 0.25) is 0 Å². The Balaban J connectivity index is 1.17. The molecule has 2 amide bonds. The maximum Gasteiger partial charge on any atom is 0.254 e. The van der Waals surface area contributed by atoms with Crippen molar-refractivity contribution in [2.75, 3.05) is 32.8 Å². The smallest absolute Gasteiger partial charge is 0.254 e. The SMILES string of the molecule is O=C(NCC1(c2ccccc2)CCOCC1)[C@@H]1CC12CCN(C(=O)c1ccsc1)CC2. The van der Waals surface area contributed by atoms with Crippen molar-refractivity contribution in [1.29, 1.82) is 0 Å². The lowest BCUT2D eigenvalue weighted by Gasteiger charge is -2.38. The van der Waals surface area contributed by atoms with Gasteiger partial charge >= 0.3 is 0 Å². The van der Waals surface area contributed by atoms with E-state index in [-0.39, 0.29) is 28.6 Å². The van der Waals surface area contributed by atoms with E-state index in [2.05, 4.69) is 29.6 Å². The van der Waals surface area contributed by atoms with Crippen molar-refractivity contribution in [3.05, 3.63) is 58.3 Å². The van der Waals surface area contributed by atoms with Gasteiger partial charge in [0.25, 0.3) is 5.91 Å². The lowest BCUT2D eigenvalue weighted by molar-refractivity contribution is -0.123. The van der Waals surface area contributed by atoms with Crippen molar-refractivity contribution in [1.82, 2.24) is 10.2 Å². The number of hydrogen-bond acceptors (Lipinski definition) is 4. The molecular weight excluding hydrogens is 408 g/mol. The van der Waals surface area contributed by atoms with Gasteiger partial charge in [0.1, 0.15) is 0 Å². The molecule has 1 saturated carbocycles. The van der Waals surface area contributed by atoms with Crippen LogP contribution in [0.5, 0.6) is 0 Å². The molecule has 6 heteroatoms. The van der Waals surface area contributed by atoms with Crippen molar-refractivity contribution < 1.29 is 14.3 Å². The number of thiophene rings is 1. The molecule has 2 saturated heterocycles. The molecule has 1 spiro atoms. The van der Waals surface area contributed by atoms with Gasteiger partial charge in [0.15, 0.2) is 0 Å². The highest BCUT2D eigenvalue weighted by Gasteiger charge is 2.58. The molecule has 3 fully saturated rings. The summed E-state index contributed by atoms with van der Waals surface area (Å²) in [4.78, 5) is 27.6. The van der Waals surface area contributed by atoms with E-state index < -0.39 is 0 Å². The van der Waals surface area contributed by atoms with E-state index in [9.17, 15) is 9.59 Å². The Bertz CT molecular complexity index is 914. The number of nitrogens with one attached hydrogen (secondary N) is 1. The lowest BCUT2D eigenvalue weighted by Crippen LogP contribution is -2.46. The monoisotopic (exact) mass is 438 g/mol. The first-order chi connectivity index (χ1) is 15.1. The molecule has 164 valence electrons. The summed E-state index contributed by atoms with van der Waals surface area (Å²) in [6, 6.07) is 12.4. The van der Waals surface area contributed by atoms with Gasteiger partial charge in [0.2, 0.25) is 5.91 Å². The Morgan fingerprint density at radius 3 is 2.48 bits per heavy atom. The molecule has 0 unspecified atom stereocenters. The lowest BCUT2D eigenvalue weighted by atomic mass is 9.74. The number of ether oxygens (including phenoxy) is 1. The number of carbonyl (C=O) groups excluding carboxylic acids is 2. The number of piperidine rings is 1. The van der Waals surface area contributed by atoms with Gasteiger partial charge in [-0.2, -0.15) is 11.3 Å². The molecule has 0 radical (unpaired) electrons. The molecule has 3 aliphatic rings. The van der Waals surface area contributed by atoms with Crippen LogP contribution in [0.1, 0.15) is 48.0 Å². The number of rotatable bonds is 5. The number of nitrogens with zero attached hydrogens (tertiary/aromatic N) is 1. The van der Waals surface area contributed by atoms with Gasteiger partial charge < -0.3 is 15.0 Å². The summed E-state index contributed by atoms with van der Waals surface area (Å²) in [6.45, 7) is 3.67. The van der Waals surface area contributed by atoms with E-state index in [0.717, 1.165) is 64.0 Å². The first-order valence-corrected chi connectivity index (χ1v) is 12.3. The summed E-state index contributed by atoms with van der Waals surface area (Å²) in [7, 11) is 0. The molecule has 0 bridgehead atoms. The third-order valence-electron chi connectivity index (χ3n) is 7.76. The first-order valence-electron chi connectivity index (χ1n) is 11.3. The third kappa shape index (κ3) is 4.03. The molecule has 5 rings (SSSR count). The molecule has 1 aliphatic carbocycles. The zero-order valence-corrected chi connectivity index (χ0v) is 18.7. The molecule has 31 heavy (non-hydrogen) atoms. The predicted molar refractivity (Wildman–Crippen MR) is 121 cm³/mol. The van der Waals surface area contributed by atoms with Crippen molar-refractivity contribution in [3.8, 4) is 0 Å². The predicted octanol–water partition coefficient (Wildman–Crippen LogP) is 3.86. The number of hydrogen-bond donors (Lipinski definition) is 1. The van der Waals surface area contributed by atoms with Crippen molar-refractivity contribution in [3.63, 3.8) is 0 Å². The fraction of sp³-hybridized carbons (Fsp3) is 0.520. The minimum Gasteiger partial charge on any atom is -0.381 e. The van der Waals surface area contributed by atoms with Crippen LogP contribution >= 0.6 is 11.3 Å². The summed E-state index contributed by atoms with van der Waals surface area (Å²) in [5.74, 6) is 0.417. The molecule has 5 nitrogen and oxygen atoms in total. The highest BCUT2D eigenvalue weighted by atomic mass is 32.1. The van der Waals surface area contributed by atoms with E-state index in [1.54, 1.807) is 11.3 Å². The normalized spacial score (nSPS) is 24.0. The van der Waals surface area contributed by atoms with Gasteiger partial charge in [-0.05, 0) is 54.5 Å². The van der Waals surface area contributed by atoms with Crippen molar-refractivity contribution in [2.24, 2.45) is 11.3 Å². The summed E-state index contributed by atoms with van der Waals surface area (Å²) in [5.41, 5.74) is 2.15. The minimum atomic E-state index is -0.0342. The summed E-state index contributed by atoms with van der Waals surface area (Å²) in [6.07, 6.45) is 4.69. The van der Waals surface area contributed by atoms with Crippen LogP contribution in [0, 0.1) is 11.3 Å². The van der Waals surface area contributed by atoms with Crippen molar-refractivity contribution in [2.45, 2.75) is 37.5 Å². The number of benzene rings is 1. The van der Waals surface area contributed by atoms with Crippen LogP contribution in [-0.4, -0.2) is 49.6 Å². The molecule has 1 aromatic carbocycles. The zero-order valence-electron chi connectivity index (χ0n) is 17.8. The third-order valence-corrected chi connectivity index (χ3v) is 8.44. The van der Waals surface area contributed by atoms with E-state index in [1.807, 2.05) is 27.8 Å². The highest BCUT2D eigenvalue weighted by Crippen LogP contribution is 2.59. The number of likely N-dealkylation sites (tertiary alicyclic amines) is 1. The summed E-state index contributed by atoms with van der Waals surface area (Å²) in [5, 5.41) is 7.17. The largest absolute Gasteiger partial charge is 0.381 e. The first kappa shape index (κ1) is 20.7. The maximum absolute atomic E-state index is 13.1. The fourth-order valence-corrected chi connectivity index (χ4v) is 6.13. The van der Waals surface area contributed by atoms with E-state index in [4.69, 9.17) is 4.74 Å². The van der Waals surface area contributed by atoms with E-state index in [0.29, 0.717) is 6.54 Å². The molecule has 2 aromatic rings. The van der Waals surface area contributed by atoms with E-state index in [1.165, 1.54) is 5.56 Å². The van der Waals surface area contributed by atoms with Gasteiger partial charge in [-0.3, -0.25) is 9.59 Å². The highest BCUT2D eigenvalue weighted by molar-refractivity contribution is 7.08. The second-order valence-electron chi connectivity index (χ2n) is 9.40. The van der Waals surface area contributed by atoms with Crippen LogP contribution in [0.3, 0.4) is 0 Å². The molecular formula is C25H30N2O3S. The molecule has 3 heterocycles. The Kier molecular flexibility index (Phi) is 5.61. The molecule has 1 aromatic heterocycles. The number of carbonyl (C=O) groups is 2. The molecule has 2 aliphatic heterocycles. The quantitative estimate of drug-likeness (QED) is 0.771. The van der Waals surface area contributed by atoms with Crippen LogP contribution < -0.4 is 5.32 Å². The van der Waals surface area contributed by atoms with Gasteiger partial charge in [-0.15, -0.1) is 0 Å². The van der Waals surface area contributed by atoms with Crippen molar-refractivity contribution >= 4 is 23.2 Å². The minimum absolute atomic E-state index is 0.0342. The van der Waals surface area contributed by atoms with Gasteiger partial charge in [0, 0.05) is 49.6 Å². The Hall–Kier alpha value is -2.18. The Morgan fingerprint density at radius 2 is 1.81 bits per heavy atom. The summed E-state index contributed by atoms with van der Waals surface area (Å²) < 4.78 is 5.61. The second kappa shape index (κ2) is 8.40. The number of amides is 2. The van der Waals surface area contributed by atoms with Crippen LogP contribution in [0.4, 0.5) is 0 Å². The Labute approximate surface area is 187 Å². The van der Waals surface area contributed by atoms with Gasteiger partial charge in [-0.25, -0.2) is 0 Å². The summed E-state index contributed by atoms with van der Waals surface area (Å²) >= 11 is 1.56. The average molecular weight is 439 g/mol. The standard InChI is InChI=1S/C25H30N2O3S/c28-22(26-18-25(9-13-30-14-10-25)20-4-2-1-3-5-20)21-16-24(21)7-11-27(12-8-24)23(29)19-6-15-31-17-19/h1-6,15,17,21H,7-14,16,18H2,(H,26,28)/t21-/m0/s1. The molecule has 1 atom stereocenters. The topological polar surface area (TPSA) is 58.6 Å². The Morgan fingerprint density at radius 1 is 1.06 bits per heavy atom. The van der Waals surface area contributed by atoms with Crippen LogP contribution in [0.25, 0.3) is 0 Å². The van der Waals surface area contributed by atoms with E-state index >= 15 is 0 Å².